The highest BCUT2D eigenvalue weighted by molar-refractivity contribution is 6.54. The maximum atomic E-state index is 13.7. The number of fused-ring (bicyclic) bond motifs is 1. The zero-order valence-electron chi connectivity index (χ0n) is 14.0. The van der Waals surface area contributed by atoms with Crippen molar-refractivity contribution in [3.05, 3.63) is 69.8 Å². The molecule has 0 spiro atoms. The first kappa shape index (κ1) is 16.9. The van der Waals surface area contributed by atoms with Gasteiger partial charge in [0.25, 0.3) is 0 Å². The second-order valence-electron chi connectivity index (χ2n) is 5.84. The number of allylic oxidation sites excluding steroid dienone is 7. The number of rotatable bonds is 1. The summed E-state index contributed by atoms with van der Waals surface area (Å²) in [5.74, 6) is -0.343. The predicted octanol–water partition coefficient (Wildman–Crippen LogP) is 2.84. The molecular formula is C17H16BF2NO4. The zero-order chi connectivity index (χ0) is 18.2. The molecule has 1 aromatic rings. The van der Waals surface area contributed by atoms with Gasteiger partial charge in [-0.3, -0.25) is 0 Å². The summed E-state index contributed by atoms with van der Waals surface area (Å²) in [7, 11) is -0.716. The molecule has 1 aliphatic heterocycles. The van der Waals surface area contributed by atoms with Crippen molar-refractivity contribution in [2.24, 2.45) is 0 Å². The molecule has 8 heteroatoms. The summed E-state index contributed by atoms with van der Waals surface area (Å²) in [4.78, 5) is 12.0. The molecule has 0 radical (unpaired) electrons. The number of nitrogens with zero attached hydrogens (tertiary/aromatic N) is 1. The Labute approximate surface area is 142 Å². The Balaban J connectivity index is 2.01. The fourth-order valence-corrected chi connectivity index (χ4v) is 2.46. The van der Waals surface area contributed by atoms with Gasteiger partial charge in [0.1, 0.15) is 25.4 Å². The first-order valence-corrected chi connectivity index (χ1v) is 7.61. The van der Waals surface area contributed by atoms with E-state index in [1.54, 1.807) is 6.08 Å². The minimum Gasteiger partial charge on any atom is -0.627 e. The van der Waals surface area contributed by atoms with Crippen LogP contribution in [-0.2, 0) is 4.65 Å². The van der Waals surface area contributed by atoms with Crippen LogP contribution < -0.4 is 10.3 Å². The molecule has 0 bridgehead atoms. The minimum atomic E-state index is -4.55. The van der Waals surface area contributed by atoms with E-state index < -0.39 is 12.7 Å². The van der Waals surface area contributed by atoms with Gasteiger partial charge in [-0.05, 0) is 30.7 Å². The zero-order valence-corrected chi connectivity index (χ0v) is 14.0. The molecule has 1 aliphatic carbocycles. The molecule has 0 unspecified atom stereocenters. The van der Waals surface area contributed by atoms with Gasteiger partial charge in [-0.25, -0.2) is 9.37 Å². The molecule has 0 fully saturated rings. The SMILES string of the molecule is Cc1cc2c(c(=O)o1)/C(=C\C=C1C=CC(=[N+](C)C)C=C1)O[B-](F)(F)O2. The van der Waals surface area contributed by atoms with Crippen molar-refractivity contribution in [3.8, 4) is 5.75 Å². The molecule has 0 atom stereocenters. The van der Waals surface area contributed by atoms with Crippen molar-refractivity contribution in [1.82, 2.24) is 0 Å². The van der Waals surface area contributed by atoms with Crippen LogP contribution in [0.5, 0.6) is 5.75 Å². The molecule has 2 aliphatic rings. The molecule has 130 valence electrons. The normalized spacial score (nSPS) is 19.3. The summed E-state index contributed by atoms with van der Waals surface area (Å²) in [5, 5.41) is 0. The maximum absolute atomic E-state index is 13.7. The third kappa shape index (κ3) is 3.62. The summed E-state index contributed by atoms with van der Waals surface area (Å²) in [6, 6.07) is 1.24. The molecule has 3 rings (SSSR count). The van der Waals surface area contributed by atoms with Gasteiger partial charge in [-0.15, -0.1) is 0 Å². The number of hydrogen-bond acceptors (Lipinski definition) is 4. The second-order valence-corrected chi connectivity index (χ2v) is 5.84. The summed E-state index contributed by atoms with van der Waals surface area (Å²) < 4.78 is 43.3. The lowest BCUT2D eigenvalue weighted by molar-refractivity contribution is -0.462. The van der Waals surface area contributed by atoms with E-state index in [2.05, 4.69) is 9.31 Å². The van der Waals surface area contributed by atoms with Gasteiger partial charge in [0.15, 0.2) is 5.71 Å². The number of hydrogen-bond donors (Lipinski definition) is 0. The van der Waals surface area contributed by atoms with E-state index in [0.717, 1.165) is 11.3 Å². The second kappa shape index (κ2) is 6.20. The molecule has 0 aromatic carbocycles. The van der Waals surface area contributed by atoms with Gasteiger partial charge in [0.2, 0.25) is 0 Å². The topological polar surface area (TPSA) is 51.7 Å². The van der Waals surface area contributed by atoms with Crippen molar-refractivity contribution in [2.75, 3.05) is 14.1 Å². The minimum absolute atomic E-state index is 0.153. The van der Waals surface area contributed by atoms with Crippen LogP contribution in [0.1, 0.15) is 11.3 Å². The molecule has 5 nitrogen and oxygen atoms in total. The molecule has 2 heterocycles. The highest BCUT2D eigenvalue weighted by Crippen LogP contribution is 2.36. The largest absolute Gasteiger partial charge is 0.725 e. The fourth-order valence-electron chi connectivity index (χ4n) is 2.46. The monoisotopic (exact) mass is 347 g/mol. The van der Waals surface area contributed by atoms with Crippen LogP contribution >= 0.6 is 0 Å². The van der Waals surface area contributed by atoms with Gasteiger partial charge in [0.05, 0.1) is 11.5 Å². The first-order valence-electron chi connectivity index (χ1n) is 7.61. The number of aryl methyl sites for hydroxylation is 1. The van der Waals surface area contributed by atoms with E-state index in [9.17, 15) is 13.4 Å². The number of halogens is 2. The lowest BCUT2D eigenvalue weighted by Gasteiger charge is -2.35. The van der Waals surface area contributed by atoms with Gasteiger partial charge in [-0.2, -0.15) is 0 Å². The third-order valence-corrected chi connectivity index (χ3v) is 3.65. The lowest BCUT2D eigenvalue weighted by Crippen LogP contribution is -2.40. The van der Waals surface area contributed by atoms with E-state index in [0.29, 0.717) is 0 Å². The quantitative estimate of drug-likeness (QED) is 0.579. The Hall–Kier alpha value is -2.90. The average Bonchev–Trinajstić information content (AvgIpc) is 2.51. The highest BCUT2D eigenvalue weighted by atomic mass is 19.3. The van der Waals surface area contributed by atoms with Crippen LogP contribution in [0.15, 0.2) is 57.3 Å². The average molecular weight is 347 g/mol. The smallest absolute Gasteiger partial charge is 0.627 e. The van der Waals surface area contributed by atoms with Crippen LogP contribution in [0.25, 0.3) is 5.76 Å². The van der Waals surface area contributed by atoms with Gasteiger partial charge >= 0.3 is 12.7 Å². The van der Waals surface area contributed by atoms with Crippen LogP contribution in [-0.4, -0.2) is 31.5 Å². The Morgan fingerprint density at radius 2 is 1.76 bits per heavy atom. The standard InChI is InChI=1S/C17H16BF2NO4/c1-11-10-15-16(17(22)23-11)14(24-18(19,20)25-15)9-6-12-4-7-13(8-5-12)21(2)3/h4-10H,1-3H3/b14-9+. The fraction of sp³-hybridized carbons (Fsp3) is 0.176. The van der Waals surface area contributed by atoms with Crippen LogP contribution in [0.4, 0.5) is 8.63 Å². The van der Waals surface area contributed by atoms with E-state index in [1.807, 2.05) is 43.0 Å². The Bertz CT molecular complexity index is 916. The van der Waals surface area contributed by atoms with Crippen molar-refractivity contribution in [3.63, 3.8) is 0 Å². The molecule has 0 N–H and O–H groups in total. The van der Waals surface area contributed by atoms with Crippen molar-refractivity contribution in [1.29, 1.82) is 0 Å². The van der Waals surface area contributed by atoms with E-state index in [4.69, 9.17) is 4.42 Å². The molecular weight excluding hydrogens is 331 g/mol. The summed E-state index contributed by atoms with van der Waals surface area (Å²) in [6.45, 7) is 1.48. The summed E-state index contributed by atoms with van der Waals surface area (Å²) in [5.41, 5.74) is 0.828. The van der Waals surface area contributed by atoms with Crippen molar-refractivity contribution in [2.45, 2.75) is 6.92 Å². The van der Waals surface area contributed by atoms with Gasteiger partial charge < -0.3 is 22.4 Å². The van der Waals surface area contributed by atoms with Gasteiger partial charge in [0, 0.05) is 18.2 Å². The van der Waals surface area contributed by atoms with E-state index >= 15 is 0 Å². The Kier molecular flexibility index (Phi) is 4.20. The van der Waals surface area contributed by atoms with E-state index in [1.165, 1.54) is 19.1 Å². The maximum Gasteiger partial charge on any atom is 0.725 e. The van der Waals surface area contributed by atoms with Crippen molar-refractivity contribution >= 4 is 18.6 Å². The predicted molar refractivity (Wildman–Crippen MR) is 90.9 cm³/mol. The van der Waals surface area contributed by atoms with Crippen LogP contribution in [0, 0.1) is 6.92 Å². The summed E-state index contributed by atoms with van der Waals surface area (Å²) in [6.07, 6.45) is 10.3. The Morgan fingerprint density at radius 1 is 1.08 bits per heavy atom. The molecule has 0 saturated carbocycles. The lowest BCUT2D eigenvalue weighted by atomic mass is 10.0. The van der Waals surface area contributed by atoms with Crippen molar-refractivity contribution < 1.29 is 26.9 Å². The molecule has 0 saturated heterocycles. The third-order valence-electron chi connectivity index (χ3n) is 3.65. The molecule has 1 aromatic heterocycles. The molecule has 0 amide bonds. The first-order chi connectivity index (χ1) is 11.7. The Morgan fingerprint density at radius 3 is 2.40 bits per heavy atom. The van der Waals surface area contributed by atoms with E-state index in [-0.39, 0.29) is 22.8 Å². The van der Waals surface area contributed by atoms with Crippen LogP contribution in [0.3, 0.4) is 0 Å². The van der Waals surface area contributed by atoms with Gasteiger partial charge in [-0.1, -0.05) is 6.08 Å². The molecule has 25 heavy (non-hydrogen) atoms. The summed E-state index contributed by atoms with van der Waals surface area (Å²) >= 11 is 0. The highest BCUT2D eigenvalue weighted by Gasteiger charge is 2.40. The van der Waals surface area contributed by atoms with Crippen LogP contribution in [0.2, 0.25) is 0 Å².